The lowest BCUT2D eigenvalue weighted by Gasteiger charge is -2.33. The Morgan fingerprint density at radius 2 is 1.74 bits per heavy atom. The maximum absolute atomic E-state index is 12.6. The van der Waals surface area contributed by atoms with Gasteiger partial charge >= 0.3 is 0 Å². The average molecular weight is 371 g/mol. The van der Waals surface area contributed by atoms with Crippen molar-refractivity contribution in [3.05, 3.63) is 60.2 Å². The third-order valence-corrected chi connectivity index (χ3v) is 4.80. The Labute approximate surface area is 159 Å². The average Bonchev–Trinajstić information content (AvgIpc) is 2.73. The topological polar surface area (TPSA) is 63.4 Å². The molecule has 0 aliphatic carbocycles. The van der Waals surface area contributed by atoms with Gasteiger partial charge in [-0.15, -0.1) is 0 Å². The number of para-hydroxylation sites is 1. The fourth-order valence-electron chi connectivity index (χ4n) is 3.25. The van der Waals surface area contributed by atoms with Gasteiger partial charge in [0.25, 0.3) is 5.91 Å². The van der Waals surface area contributed by atoms with Crippen molar-refractivity contribution in [3.8, 4) is 11.5 Å². The summed E-state index contributed by atoms with van der Waals surface area (Å²) in [4.78, 5) is 15.8. The number of carbonyl (C=O) groups is 1. The number of rotatable bonds is 7. The van der Waals surface area contributed by atoms with Crippen LogP contribution in [0.15, 0.2) is 54.6 Å². The zero-order valence-electron chi connectivity index (χ0n) is 15.6. The van der Waals surface area contributed by atoms with Gasteiger partial charge in [0.05, 0.1) is 33.3 Å². The first-order valence-corrected chi connectivity index (χ1v) is 9.28. The van der Waals surface area contributed by atoms with Crippen molar-refractivity contribution in [2.24, 2.45) is 0 Å². The van der Waals surface area contributed by atoms with E-state index < -0.39 is 6.10 Å². The molecule has 6 nitrogen and oxygen atoms in total. The zero-order valence-corrected chi connectivity index (χ0v) is 15.6. The Bertz CT molecular complexity index is 713. The molecule has 2 aromatic carbocycles. The second-order valence-corrected chi connectivity index (χ2v) is 6.75. The van der Waals surface area contributed by atoms with Gasteiger partial charge in [-0.1, -0.05) is 18.2 Å². The lowest BCUT2D eigenvalue weighted by Crippen LogP contribution is -3.16. The summed E-state index contributed by atoms with van der Waals surface area (Å²) >= 11 is 0. The monoisotopic (exact) mass is 371 g/mol. The van der Waals surface area contributed by atoms with Crippen LogP contribution in [0.1, 0.15) is 10.4 Å². The Kier molecular flexibility index (Phi) is 6.68. The number of benzene rings is 2. The minimum Gasteiger partial charge on any atom is -0.497 e. The first-order valence-electron chi connectivity index (χ1n) is 9.28. The van der Waals surface area contributed by atoms with E-state index in [9.17, 15) is 9.90 Å². The first-order chi connectivity index (χ1) is 13.2. The summed E-state index contributed by atoms with van der Waals surface area (Å²) in [7, 11) is 1.61. The molecule has 3 rings (SSSR count). The number of quaternary nitrogens is 1. The molecule has 1 atom stereocenters. The summed E-state index contributed by atoms with van der Waals surface area (Å²) in [5.41, 5.74) is 0.676. The van der Waals surface area contributed by atoms with E-state index in [4.69, 9.17) is 9.47 Å². The lowest BCUT2D eigenvalue weighted by molar-refractivity contribution is -0.907. The number of nitrogens with zero attached hydrogens (tertiary/aromatic N) is 1. The number of hydrogen-bond acceptors (Lipinski definition) is 4. The van der Waals surface area contributed by atoms with E-state index >= 15 is 0 Å². The molecule has 144 valence electrons. The number of nitrogens with one attached hydrogen (secondary N) is 1. The zero-order chi connectivity index (χ0) is 19.1. The van der Waals surface area contributed by atoms with Gasteiger partial charge in [0.1, 0.15) is 30.8 Å². The minimum absolute atomic E-state index is 0.0460. The smallest absolute Gasteiger partial charge is 0.254 e. The molecule has 0 radical (unpaired) electrons. The van der Waals surface area contributed by atoms with E-state index in [1.54, 1.807) is 31.4 Å². The number of piperazine rings is 1. The van der Waals surface area contributed by atoms with Gasteiger partial charge < -0.3 is 24.4 Å². The van der Waals surface area contributed by atoms with Crippen molar-refractivity contribution in [1.29, 1.82) is 0 Å². The van der Waals surface area contributed by atoms with Crippen LogP contribution in [0.3, 0.4) is 0 Å². The number of ether oxygens (including phenoxy) is 2. The predicted molar refractivity (Wildman–Crippen MR) is 102 cm³/mol. The van der Waals surface area contributed by atoms with Crippen LogP contribution < -0.4 is 14.4 Å². The van der Waals surface area contributed by atoms with Gasteiger partial charge in [-0.05, 0) is 36.4 Å². The van der Waals surface area contributed by atoms with E-state index in [-0.39, 0.29) is 12.5 Å². The fraction of sp³-hybridized carbons (Fsp3) is 0.381. The Hall–Kier alpha value is -2.57. The van der Waals surface area contributed by atoms with Crippen molar-refractivity contribution in [2.45, 2.75) is 6.10 Å². The molecule has 1 amide bonds. The number of carbonyl (C=O) groups excluding carboxylic acids is 1. The van der Waals surface area contributed by atoms with Crippen LogP contribution in [0.4, 0.5) is 0 Å². The van der Waals surface area contributed by atoms with Crippen molar-refractivity contribution < 1.29 is 24.3 Å². The SMILES string of the molecule is COc1ccc(C(=O)N2CC[NH+](CC(O)COc3ccccc3)CC2)cc1. The van der Waals surface area contributed by atoms with E-state index in [1.807, 2.05) is 35.2 Å². The van der Waals surface area contributed by atoms with Crippen molar-refractivity contribution in [2.75, 3.05) is 46.4 Å². The summed E-state index contributed by atoms with van der Waals surface area (Å²) in [6.45, 7) is 3.92. The maximum Gasteiger partial charge on any atom is 0.254 e. The van der Waals surface area contributed by atoms with E-state index in [2.05, 4.69) is 0 Å². The molecule has 1 saturated heterocycles. The van der Waals surface area contributed by atoms with Gasteiger partial charge in [-0.3, -0.25) is 4.79 Å². The van der Waals surface area contributed by atoms with Crippen molar-refractivity contribution in [1.82, 2.24) is 4.90 Å². The summed E-state index contributed by atoms with van der Waals surface area (Å²) < 4.78 is 10.7. The Balaban J connectivity index is 1.42. The molecule has 1 aliphatic rings. The molecule has 1 unspecified atom stereocenters. The molecule has 2 aromatic rings. The van der Waals surface area contributed by atoms with Crippen molar-refractivity contribution >= 4 is 5.91 Å². The summed E-state index contributed by atoms with van der Waals surface area (Å²) in [6.07, 6.45) is -0.524. The van der Waals surface area contributed by atoms with Crippen LogP contribution in [-0.4, -0.2) is 68.5 Å². The largest absolute Gasteiger partial charge is 0.497 e. The highest BCUT2D eigenvalue weighted by Gasteiger charge is 2.26. The Morgan fingerprint density at radius 1 is 1.07 bits per heavy atom. The van der Waals surface area contributed by atoms with Crippen LogP contribution in [0.25, 0.3) is 0 Å². The van der Waals surface area contributed by atoms with Gasteiger partial charge in [-0.25, -0.2) is 0 Å². The number of aliphatic hydroxyl groups is 1. The number of hydrogen-bond donors (Lipinski definition) is 2. The van der Waals surface area contributed by atoms with Crippen LogP contribution in [0, 0.1) is 0 Å². The first kappa shape index (κ1) is 19.2. The molecule has 1 heterocycles. The van der Waals surface area contributed by atoms with E-state index in [0.29, 0.717) is 25.2 Å². The van der Waals surface area contributed by atoms with Crippen LogP contribution in [0.2, 0.25) is 0 Å². The molecule has 0 spiro atoms. The maximum atomic E-state index is 12.6. The Morgan fingerprint density at radius 3 is 2.37 bits per heavy atom. The van der Waals surface area contributed by atoms with E-state index in [1.165, 1.54) is 4.90 Å². The van der Waals surface area contributed by atoms with Crippen LogP contribution in [-0.2, 0) is 0 Å². The summed E-state index contributed by atoms with van der Waals surface area (Å²) in [5.74, 6) is 1.55. The molecule has 27 heavy (non-hydrogen) atoms. The molecule has 0 bridgehead atoms. The van der Waals surface area contributed by atoms with E-state index in [0.717, 1.165) is 24.6 Å². The standard InChI is InChI=1S/C21H26N2O4/c1-26-19-9-7-17(8-10-19)21(25)23-13-11-22(12-14-23)15-18(24)16-27-20-5-3-2-4-6-20/h2-10,18,24H,11-16H2,1H3/p+1. The lowest BCUT2D eigenvalue weighted by atomic mass is 10.1. The molecule has 0 aromatic heterocycles. The fourth-order valence-corrected chi connectivity index (χ4v) is 3.25. The predicted octanol–water partition coefficient (Wildman–Crippen LogP) is 0.476. The van der Waals surface area contributed by atoms with Gasteiger partial charge in [0, 0.05) is 5.56 Å². The molecular weight excluding hydrogens is 344 g/mol. The third-order valence-electron chi connectivity index (χ3n) is 4.80. The van der Waals surface area contributed by atoms with Crippen molar-refractivity contribution in [3.63, 3.8) is 0 Å². The molecule has 1 aliphatic heterocycles. The van der Waals surface area contributed by atoms with Gasteiger partial charge in [0.15, 0.2) is 0 Å². The number of aliphatic hydroxyl groups excluding tert-OH is 1. The highest BCUT2D eigenvalue weighted by molar-refractivity contribution is 5.94. The summed E-state index contributed by atoms with van der Waals surface area (Å²) in [6, 6.07) is 16.7. The highest BCUT2D eigenvalue weighted by Crippen LogP contribution is 2.13. The van der Waals surface area contributed by atoms with Crippen LogP contribution in [0.5, 0.6) is 11.5 Å². The normalized spacial score (nSPS) is 16.0. The number of amides is 1. The molecule has 6 heteroatoms. The third kappa shape index (κ3) is 5.45. The van der Waals surface area contributed by atoms with Gasteiger partial charge in [0.2, 0.25) is 0 Å². The minimum atomic E-state index is -0.524. The van der Waals surface area contributed by atoms with Gasteiger partial charge in [-0.2, -0.15) is 0 Å². The second-order valence-electron chi connectivity index (χ2n) is 6.75. The highest BCUT2D eigenvalue weighted by atomic mass is 16.5. The van der Waals surface area contributed by atoms with Crippen LogP contribution >= 0.6 is 0 Å². The molecule has 0 saturated carbocycles. The second kappa shape index (κ2) is 9.39. The number of methoxy groups -OCH3 is 1. The summed E-state index contributed by atoms with van der Waals surface area (Å²) in [5, 5.41) is 10.2. The molecule has 2 N–H and O–H groups in total. The molecular formula is C21H27N2O4+. The quantitative estimate of drug-likeness (QED) is 0.743. The molecule has 1 fully saturated rings.